The Morgan fingerprint density at radius 2 is 0.806 bits per heavy atom. The van der Waals surface area contributed by atoms with E-state index in [1.165, 1.54) is 0 Å². The summed E-state index contributed by atoms with van der Waals surface area (Å²) in [5, 5.41) is 22.2. The minimum Gasteiger partial charge on any atom is -0.507 e. The topological polar surface area (TPSA) is 70.1 Å². The van der Waals surface area contributed by atoms with Crippen LogP contribution in [-0.2, 0) is 44.0 Å². The second kappa shape index (κ2) is 8.53. The number of aromatic hydroxyl groups is 2. The quantitative estimate of drug-likeness (QED) is 0.435. The average Bonchev–Trinajstić information content (AvgIpc) is 3.28. The van der Waals surface area contributed by atoms with E-state index in [1.807, 2.05) is 24.3 Å². The summed E-state index contributed by atoms with van der Waals surface area (Å²) in [6.07, 6.45) is 0.879. The zero-order valence-corrected chi connectivity index (χ0v) is 24.4. The van der Waals surface area contributed by atoms with Gasteiger partial charge in [0.1, 0.15) is 11.5 Å². The zero-order chi connectivity index (χ0) is 27.6. The van der Waals surface area contributed by atoms with Crippen molar-refractivity contribution in [2.75, 3.05) is 0 Å². The third-order valence-corrected chi connectivity index (χ3v) is 7.17. The van der Waals surface area contributed by atoms with Crippen LogP contribution in [0.4, 0.5) is 0 Å². The number of benzene rings is 2. The molecule has 1 aliphatic rings. The van der Waals surface area contributed by atoms with Crippen LogP contribution in [0.2, 0.25) is 0 Å². The van der Waals surface area contributed by atoms with Crippen molar-refractivity contribution in [3.63, 3.8) is 0 Å². The van der Waals surface area contributed by atoms with Gasteiger partial charge in [0.15, 0.2) is 0 Å². The Morgan fingerprint density at radius 1 is 0.583 bits per heavy atom. The molecule has 0 unspecified atom stereocenters. The number of carbonyl (C=O) groups excluding carboxylic acids is 1. The first kappa shape index (κ1) is 28.1. The molecule has 2 aromatic rings. The lowest BCUT2D eigenvalue weighted by molar-refractivity contribution is -0.117. The highest BCUT2D eigenvalue weighted by molar-refractivity contribution is 5.93. The van der Waals surface area contributed by atoms with Gasteiger partial charge in [-0.1, -0.05) is 107 Å². The van der Waals surface area contributed by atoms with Crippen molar-refractivity contribution in [1.29, 1.82) is 0 Å². The summed E-state index contributed by atoms with van der Waals surface area (Å²) in [7, 11) is 0. The summed E-state index contributed by atoms with van der Waals surface area (Å²) in [6.45, 7) is 25.1. The fourth-order valence-electron chi connectivity index (χ4n) is 4.97. The maximum Gasteiger partial charge on any atom is 0.352 e. The lowest BCUT2D eigenvalue weighted by Gasteiger charge is -2.29. The molecule has 1 fully saturated rings. The van der Waals surface area contributed by atoms with Gasteiger partial charge in [0.2, 0.25) is 5.60 Å². The van der Waals surface area contributed by atoms with Crippen molar-refractivity contribution in [2.45, 2.75) is 123 Å². The van der Waals surface area contributed by atoms with Crippen molar-refractivity contribution < 1.29 is 19.7 Å². The monoisotopic (exact) mass is 494 g/mol. The molecule has 0 saturated carbocycles. The van der Waals surface area contributed by atoms with E-state index in [0.29, 0.717) is 24.3 Å². The summed E-state index contributed by atoms with van der Waals surface area (Å²) < 4.78 is 5.71. The molecular formula is C32H46O4. The van der Waals surface area contributed by atoms with E-state index >= 15 is 0 Å². The smallest absolute Gasteiger partial charge is 0.352 e. The fraction of sp³-hybridized carbons (Fsp3) is 0.594. The lowest BCUT2D eigenvalue weighted by Crippen LogP contribution is -2.24. The van der Waals surface area contributed by atoms with Gasteiger partial charge in [-0.3, -0.25) is 0 Å². The average molecular weight is 495 g/mol. The lowest BCUT2D eigenvalue weighted by atomic mass is 9.76. The van der Waals surface area contributed by atoms with Crippen molar-refractivity contribution >= 4 is 5.97 Å². The molecule has 1 saturated heterocycles. The van der Waals surface area contributed by atoms with Crippen molar-refractivity contribution in [1.82, 2.24) is 0 Å². The molecule has 36 heavy (non-hydrogen) atoms. The van der Waals surface area contributed by atoms with E-state index in [1.54, 1.807) is 0 Å². The van der Waals surface area contributed by atoms with Crippen LogP contribution in [0.15, 0.2) is 24.3 Å². The van der Waals surface area contributed by atoms with Crippen LogP contribution < -0.4 is 0 Å². The van der Waals surface area contributed by atoms with Crippen molar-refractivity contribution in [3.8, 4) is 11.5 Å². The summed E-state index contributed by atoms with van der Waals surface area (Å²) in [4.78, 5) is 12.8. The van der Waals surface area contributed by atoms with Crippen LogP contribution in [-0.4, -0.2) is 21.8 Å². The van der Waals surface area contributed by atoms with E-state index in [-0.39, 0.29) is 27.6 Å². The first-order valence-corrected chi connectivity index (χ1v) is 13.0. The highest BCUT2D eigenvalue weighted by Crippen LogP contribution is 2.45. The molecule has 0 aromatic heterocycles. The maximum atomic E-state index is 12.8. The third kappa shape index (κ3) is 5.58. The normalized spacial score (nSPS) is 16.2. The highest BCUT2D eigenvalue weighted by atomic mass is 16.7. The summed E-state index contributed by atoms with van der Waals surface area (Å²) in [6, 6.07) is 8.11. The number of hydrogen-bond donors (Lipinski definition) is 2. The van der Waals surface area contributed by atoms with Crippen LogP contribution in [0.1, 0.15) is 116 Å². The molecule has 198 valence electrons. The van der Waals surface area contributed by atoms with E-state index in [9.17, 15) is 15.0 Å². The number of hydrogen-bond acceptors (Lipinski definition) is 4. The predicted octanol–water partition coefficient (Wildman–Crippen LogP) is 7.37. The number of phenols is 2. The van der Waals surface area contributed by atoms with E-state index in [4.69, 9.17) is 4.74 Å². The standard InChI is InChI=1S/C32H46O4/c1-28(2,3)21-13-19(14-22(25(21)33)29(4,5)6)17-32(27(35)36-32)18-20-15-23(30(7,8)9)26(34)24(16-20)31(10,11)12/h13-16,33-34H,17-18H2,1-12H3. The van der Waals surface area contributed by atoms with Crippen LogP contribution in [0.3, 0.4) is 0 Å². The van der Waals surface area contributed by atoms with Crippen LogP contribution >= 0.6 is 0 Å². The van der Waals surface area contributed by atoms with Gasteiger partial charge in [-0.25, -0.2) is 4.79 Å². The molecule has 0 atom stereocenters. The molecule has 2 N–H and O–H groups in total. The summed E-state index contributed by atoms with van der Waals surface area (Å²) in [5.41, 5.74) is 3.56. The van der Waals surface area contributed by atoms with Crippen molar-refractivity contribution in [3.05, 3.63) is 57.6 Å². The Balaban J connectivity index is 2.09. The molecule has 3 rings (SSSR count). The Hall–Kier alpha value is -2.49. The molecule has 0 bridgehead atoms. The summed E-state index contributed by atoms with van der Waals surface area (Å²) in [5.74, 6) is 0.464. The molecule has 0 spiro atoms. The second-order valence-electron chi connectivity index (χ2n) is 14.8. The zero-order valence-electron chi connectivity index (χ0n) is 24.4. The molecule has 0 aliphatic carbocycles. The van der Waals surface area contributed by atoms with Gasteiger partial charge in [-0.15, -0.1) is 0 Å². The van der Waals surface area contributed by atoms with E-state index in [0.717, 1.165) is 33.4 Å². The van der Waals surface area contributed by atoms with Gasteiger partial charge in [0.05, 0.1) is 0 Å². The molecular weight excluding hydrogens is 448 g/mol. The third-order valence-electron chi connectivity index (χ3n) is 7.17. The maximum absolute atomic E-state index is 12.8. The predicted molar refractivity (Wildman–Crippen MR) is 147 cm³/mol. The van der Waals surface area contributed by atoms with Crippen LogP contribution in [0.5, 0.6) is 11.5 Å². The second-order valence-corrected chi connectivity index (χ2v) is 14.8. The number of epoxide rings is 1. The Kier molecular flexibility index (Phi) is 6.66. The molecule has 2 aromatic carbocycles. The van der Waals surface area contributed by atoms with Gasteiger partial charge >= 0.3 is 5.97 Å². The minimum atomic E-state index is -0.928. The number of rotatable bonds is 4. The van der Waals surface area contributed by atoms with Crippen LogP contribution in [0.25, 0.3) is 0 Å². The molecule has 1 aliphatic heterocycles. The highest BCUT2D eigenvalue weighted by Gasteiger charge is 2.58. The fourth-order valence-corrected chi connectivity index (χ4v) is 4.97. The van der Waals surface area contributed by atoms with Crippen LogP contribution in [0, 0.1) is 0 Å². The Labute approximate surface area is 218 Å². The largest absolute Gasteiger partial charge is 0.507 e. The molecule has 0 amide bonds. The minimum absolute atomic E-state index is 0.201. The van der Waals surface area contributed by atoms with Crippen molar-refractivity contribution in [2.24, 2.45) is 0 Å². The number of cyclic esters (lactones) is 1. The Morgan fingerprint density at radius 3 is 0.972 bits per heavy atom. The molecule has 1 heterocycles. The number of carbonyl (C=O) groups is 1. The molecule has 4 heteroatoms. The van der Waals surface area contributed by atoms with Gasteiger partial charge in [0.25, 0.3) is 0 Å². The number of phenolic OH excluding ortho intramolecular Hbond substituents is 2. The Bertz CT molecular complexity index is 1020. The van der Waals surface area contributed by atoms with E-state index < -0.39 is 5.60 Å². The van der Waals surface area contributed by atoms with Gasteiger partial charge in [-0.2, -0.15) is 0 Å². The SMILES string of the molecule is CC(C)(C)c1cc(CC2(Cc3cc(C(C)(C)C)c(O)c(C(C)(C)C)c3)OC2=O)cc(C(C)(C)C)c1O. The first-order valence-electron chi connectivity index (χ1n) is 13.0. The first-order chi connectivity index (χ1) is 16.1. The molecule has 4 nitrogen and oxygen atoms in total. The van der Waals surface area contributed by atoms with Gasteiger partial charge < -0.3 is 14.9 Å². The van der Waals surface area contributed by atoms with Gasteiger partial charge in [0, 0.05) is 12.8 Å². The summed E-state index contributed by atoms with van der Waals surface area (Å²) >= 11 is 0. The number of ether oxygens (including phenoxy) is 1. The molecule has 0 radical (unpaired) electrons. The van der Waals surface area contributed by atoms with E-state index in [2.05, 4.69) is 83.1 Å². The van der Waals surface area contributed by atoms with Gasteiger partial charge in [-0.05, 0) is 55.0 Å².